The molecule has 0 aliphatic rings. The summed E-state index contributed by atoms with van der Waals surface area (Å²) in [6.07, 6.45) is 0.0361. The molecule has 0 atom stereocenters. The van der Waals surface area contributed by atoms with Crippen molar-refractivity contribution in [2.45, 2.75) is 27.2 Å². The van der Waals surface area contributed by atoms with E-state index in [2.05, 4.69) is 6.58 Å². The van der Waals surface area contributed by atoms with E-state index in [1.807, 2.05) is 13.8 Å². The van der Waals surface area contributed by atoms with Crippen molar-refractivity contribution in [2.75, 3.05) is 26.3 Å². The Balaban J connectivity index is 2.31. The molecule has 0 fully saturated rings. The SMILES string of the molecule is C=C(C)CN(CC)C(=O)COC(=O)CCOc1ccc(C(C)=O)cc1. The molecule has 0 radical (unpaired) electrons. The van der Waals surface area contributed by atoms with Crippen molar-refractivity contribution in [2.24, 2.45) is 0 Å². The lowest BCUT2D eigenvalue weighted by Crippen LogP contribution is -2.35. The fraction of sp³-hybridized carbons (Fsp3) is 0.421. The number of carbonyl (C=O) groups excluding carboxylic acids is 3. The zero-order valence-electron chi connectivity index (χ0n) is 15.0. The van der Waals surface area contributed by atoms with Crippen LogP contribution in [-0.2, 0) is 14.3 Å². The predicted octanol–water partition coefficient (Wildman–Crippen LogP) is 2.63. The van der Waals surface area contributed by atoms with E-state index < -0.39 is 5.97 Å². The Bertz CT molecular complexity index is 621. The first-order chi connectivity index (χ1) is 11.8. The molecule has 0 heterocycles. The zero-order chi connectivity index (χ0) is 18.8. The third-order valence-corrected chi connectivity index (χ3v) is 3.39. The van der Waals surface area contributed by atoms with E-state index in [0.717, 1.165) is 5.57 Å². The molecular weight excluding hydrogens is 322 g/mol. The molecule has 1 aromatic carbocycles. The molecule has 6 heteroatoms. The Morgan fingerprint density at radius 2 is 1.76 bits per heavy atom. The Labute approximate surface area is 148 Å². The normalized spacial score (nSPS) is 10.0. The highest BCUT2D eigenvalue weighted by molar-refractivity contribution is 5.94. The van der Waals surface area contributed by atoms with Crippen molar-refractivity contribution in [3.05, 3.63) is 42.0 Å². The molecule has 0 spiro atoms. The number of nitrogens with zero attached hydrogens (tertiary/aromatic N) is 1. The second-order valence-corrected chi connectivity index (χ2v) is 5.70. The maximum Gasteiger partial charge on any atom is 0.309 e. The van der Waals surface area contributed by atoms with Gasteiger partial charge < -0.3 is 14.4 Å². The van der Waals surface area contributed by atoms with Gasteiger partial charge in [-0.25, -0.2) is 0 Å². The van der Waals surface area contributed by atoms with Gasteiger partial charge in [-0.05, 0) is 45.0 Å². The number of esters is 1. The highest BCUT2D eigenvalue weighted by atomic mass is 16.5. The third kappa shape index (κ3) is 7.65. The molecule has 6 nitrogen and oxygen atoms in total. The van der Waals surface area contributed by atoms with Gasteiger partial charge in [0.25, 0.3) is 5.91 Å². The van der Waals surface area contributed by atoms with Crippen LogP contribution in [0.1, 0.15) is 37.6 Å². The monoisotopic (exact) mass is 347 g/mol. The number of hydrogen-bond donors (Lipinski definition) is 0. The molecule has 1 aromatic rings. The fourth-order valence-corrected chi connectivity index (χ4v) is 2.05. The molecule has 0 unspecified atom stereocenters. The number of Topliss-reactive ketones (excluding diaryl/α,β-unsaturated/α-hetero) is 1. The van der Waals surface area contributed by atoms with E-state index in [1.54, 1.807) is 29.2 Å². The van der Waals surface area contributed by atoms with Crippen molar-refractivity contribution in [1.29, 1.82) is 0 Å². The van der Waals surface area contributed by atoms with Crippen molar-refractivity contribution >= 4 is 17.7 Å². The number of rotatable bonds is 10. The van der Waals surface area contributed by atoms with Crippen LogP contribution in [0.2, 0.25) is 0 Å². The summed E-state index contributed by atoms with van der Waals surface area (Å²) >= 11 is 0. The van der Waals surface area contributed by atoms with Crippen LogP contribution in [0, 0.1) is 0 Å². The minimum absolute atomic E-state index is 0.0208. The average Bonchev–Trinajstić information content (AvgIpc) is 2.57. The summed E-state index contributed by atoms with van der Waals surface area (Å²) in [5.74, 6) is -0.209. The van der Waals surface area contributed by atoms with Gasteiger partial charge in [-0.15, -0.1) is 0 Å². The molecule has 0 aliphatic heterocycles. The summed E-state index contributed by atoms with van der Waals surface area (Å²) in [6.45, 7) is 9.78. The summed E-state index contributed by atoms with van der Waals surface area (Å²) in [5, 5.41) is 0. The molecule has 0 N–H and O–H groups in total. The highest BCUT2D eigenvalue weighted by Crippen LogP contribution is 2.12. The number of amides is 1. The van der Waals surface area contributed by atoms with Gasteiger partial charge in [0.15, 0.2) is 12.4 Å². The largest absolute Gasteiger partial charge is 0.493 e. The van der Waals surface area contributed by atoms with E-state index >= 15 is 0 Å². The lowest BCUT2D eigenvalue weighted by Gasteiger charge is -2.20. The van der Waals surface area contributed by atoms with Gasteiger partial charge in [0, 0.05) is 18.7 Å². The first kappa shape index (κ1) is 20.4. The van der Waals surface area contributed by atoms with Gasteiger partial charge in [0.1, 0.15) is 5.75 Å². The molecule has 136 valence electrons. The minimum atomic E-state index is -0.500. The molecule has 1 amide bonds. The van der Waals surface area contributed by atoms with Crippen LogP contribution in [-0.4, -0.2) is 48.9 Å². The van der Waals surface area contributed by atoms with Gasteiger partial charge in [0.05, 0.1) is 13.0 Å². The smallest absolute Gasteiger partial charge is 0.309 e. The summed E-state index contributed by atoms with van der Waals surface area (Å²) in [4.78, 5) is 36.4. The standard InChI is InChI=1S/C19H25NO5/c1-5-20(12-14(2)3)18(22)13-25-19(23)10-11-24-17-8-6-16(7-9-17)15(4)21/h6-9H,2,5,10-13H2,1,3-4H3. The number of ether oxygens (including phenoxy) is 2. The second kappa shape index (κ2) is 10.3. The van der Waals surface area contributed by atoms with Crippen LogP contribution in [0.5, 0.6) is 5.75 Å². The number of likely N-dealkylation sites (N-methyl/N-ethyl adjacent to an activating group) is 1. The van der Waals surface area contributed by atoms with E-state index in [0.29, 0.717) is 24.4 Å². The molecular formula is C19H25NO5. The van der Waals surface area contributed by atoms with E-state index in [1.165, 1.54) is 6.92 Å². The molecule has 0 saturated carbocycles. The Morgan fingerprint density at radius 3 is 2.28 bits per heavy atom. The summed E-state index contributed by atoms with van der Waals surface area (Å²) in [6, 6.07) is 6.66. The molecule has 0 aromatic heterocycles. The molecule has 0 bridgehead atoms. The van der Waals surface area contributed by atoms with Crippen LogP contribution in [0.25, 0.3) is 0 Å². The zero-order valence-corrected chi connectivity index (χ0v) is 15.0. The summed E-state index contributed by atoms with van der Waals surface area (Å²) in [7, 11) is 0. The molecule has 1 rings (SSSR count). The van der Waals surface area contributed by atoms with Crippen molar-refractivity contribution < 1.29 is 23.9 Å². The second-order valence-electron chi connectivity index (χ2n) is 5.70. The molecule has 0 aliphatic carbocycles. The molecule has 25 heavy (non-hydrogen) atoms. The van der Waals surface area contributed by atoms with Gasteiger partial charge in [-0.1, -0.05) is 12.2 Å². The Morgan fingerprint density at radius 1 is 1.12 bits per heavy atom. The maximum atomic E-state index is 11.9. The number of ketones is 1. The van der Waals surface area contributed by atoms with Crippen molar-refractivity contribution in [3.8, 4) is 5.75 Å². The predicted molar refractivity (Wildman–Crippen MR) is 94.6 cm³/mol. The first-order valence-corrected chi connectivity index (χ1v) is 8.15. The van der Waals surface area contributed by atoms with Gasteiger partial charge in [-0.3, -0.25) is 14.4 Å². The minimum Gasteiger partial charge on any atom is -0.493 e. The number of benzene rings is 1. The van der Waals surface area contributed by atoms with Gasteiger partial charge in [0.2, 0.25) is 0 Å². The van der Waals surface area contributed by atoms with Crippen LogP contribution < -0.4 is 4.74 Å². The average molecular weight is 347 g/mol. The Kier molecular flexibility index (Phi) is 8.39. The maximum absolute atomic E-state index is 11.9. The lowest BCUT2D eigenvalue weighted by atomic mass is 10.1. The Hall–Kier alpha value is -2.63. The molecule has 0 saturated heterocycles. The van der Waals surface area contributed by atoms with Crippen molar-refractivity contribution in [1.82, 2.24) is 4.90 Å². The lowest BCUT2D eigenvalue weighted by molar-refractivity contribution is -0.152. The quantitative estimate of drug-likeness (QED) is 0.370. The van der Waals surface area contributed by atoms with E-state index in [-0.39, 0.29) is 31.3 Å². The number of hydrogen-bond acceptors (Lipinski definition) is 5. The van der Waals surface area contributed by atoms with Crippen LogP contribution in [0.15, 0.2) is 36.4 Å². The van der Waals surface area contributed by atoms with Crippen LogP contribution in [0.3, 0.4) is 0 Å². The van der Waals surface area contributed by atoms with Crippen LogP contribution in [0.4, 0.5) is 0 Å². The topological polar surface area (TPSA) is 72.9 Å². The summed E-state index contributed by atoms with van der Waals surface area (Å²) < 4.78 is 10.4. The fourth-order valence-electron chi connectivity index (χ4n) is 2.05. The van der Waals surface area contributed by atoms with Crippen molar-refractivity contribution in [3.63, 3.8) is 0 Å². The van der Waals surface area contributed by atoms with Crippen LogP contribution >= 0.6 is 0 Å². The summed E-state index contributed by atoms with van der Waals surface area (Å²) in [5.41, 5.74) is 1.46. The third-order valence-electron chi connectivity index (χ3n) is 3.39. The van der Waals surface area contributed by atoms with Gasteiger partial charge in [-0.2, -0.15) is 0 Å². The van der Waals surface area contributed by atoms with Gasteiger partial charge >= 0.3 is 5.97 Å². The first-order valence-electron chi connectivity index (χ1n) is 8.15. The number of carbonyl (C=O) groups is 3. The van der Waals surface area contributed by atoms with E-state index in [9.17, 15) is 14.4 Å². The highest BCUT2D eigenvalue weighted by Gasteiger charge is 2.14. The van der Waals surface area contributed by atoms with E-state index in [4.69, 9.17) is 9.47 Å².